The lowest BCUT2D eigenvalue weighted by Gasteiger charge is -2.04. The molecule has 0 aliphatic carbocycles. The Morgan fingerprint density at radius 2 is 1.74 bits per heavy atom. The first-order valence-corrected chi connectivity index (χ1v) is 6.54. The number of ketones is 1. The molecule has 0 unspecified atom stereocenters. The maximum atomic E-state index is 13.0. The quantitative estimate of drug-likeness (QED) is 0.828. The van der Waals surface area contributed by atoms with Crippen LogP contribution in [0.2, 0.25) is 0 Å². The monoisotopic (exact) mass is 324 g/mol. The van der Waals surface area contributed by atoms with Crippen molar-refractivity contribution in [2.45, 2.75) is 12.8 Å². The van der Waals surface area contributed by atoms with E-state index in [0.717, 1.165) is 5.56 Å². The fourth-order valence-electron chi connectivity index (χ4n) is 1.81. The summed E-state index contributed by atoms with van der Waals surface area (Å²) in [5, 5.41) is 0. The Hall–Kier alpha value is -1.55. The third kappa shape index (κ3) is 3.96. The van der Waals surface area contributed by atoms with Gasteiger partial charge in [-0.25, -0.2) is 8.78 Å². The van der Waals surface area contributed by atoms with Crippen molar-refractivity contribution in [2.75, 3.05) is 0 Å². The highest BCUT2D eigenvalue weighted by Gasteiger charge is 2.09. The van der Waals surface area contributed by atoms with Crippen molar-refractivity contribution in [1.29, 1.82) is 0 Å². The molecule has 2 rings (SSSR count). The lowest BCUT2D eigenvalue weighted by Crippen LogP contribution is -2.07. The van der Waals surface area contributed by atoms with Gasteiger partial charge in [0.05, 0.1) is 0 Å². The number of halogens is 3. The van der Waals surface area contributed by atoms with Crippen LogP contribution in [0, 0.1) is 11.6 Å². The van der Waals surface area contributed by atoms with Gasteiger partial charge in [-0.2, -0.15) is 0 Å². The first kappa shape index (κ1) is 13.9. The number of benzene rings is 2. The van der Waals surface area contributed by atoms with Crippen molar-refractivity contribution in [1.82, 2.24) is 0 Å². The molecule has 98 valence electrons. The molecule has 2 aromatic rings. The van der Waals surface area contributed by atoms with E-state index in [4.69, 9.17) is 0 Å². The summed E-state index contributed by atoms with van der Waals surface area (Å²) in [7, 11) is 0. The summed E-state index contributed by atoms with van der Waals surface area (Å²) in [4.78, 5) is 11.9. The lowest BCUT2D eigenvalue weighted by atomic mass is 10.0. The summed E-state index contributed by atoms with van der Waals surface area (Å²) in [5.41, 5.74) is 1.37. The molecule has 0 aromatic heterocycles. The average Bonchev–Trinajstić information content (AvgIpc) is 2.33. The Labute approximate surface area is 118 Å². The van der Waals surface area contributed by atoms with E-state index in [1.807, 2.05) is 0 Å². The first-order valence-electron chi connectivity index (χ1n) is 5.74. The third-order valence-electron chi connectivity index (χ3n) is 2.69. The molecule has 0 saturated carbocycles. The Kier molecular flexibility index (Phi) is 4.43. The molecule has 19 heavy (non-hydrogen) atoms. The Balaban J connectivity index is 2.05. The first-order chi connectivity index (χ1) is 9.04. The lowest BCUT2D eigenvalue weighted by molar-refractivity contribution is -0.117. The average molecular weight is 325 g/mol. The largest absolute Gasteiger partial charge is 0.299 e. The molecule has 0 atom stereocenters. The van der Waals surface area contributed by atoms with Crippen molar-refractivity contribution < 1.29 is 13.6 Å². The number of hydrogen-bond acceptors (Lipinski definition) is 1. The maximum absolute atomic E-state index is 13.0. The van der Waals surface area contributed by atoms with Gasteiger partial charge in [-0.15, -0.1) is 0 Å². The van der Waals surface area contributed by atoms with Gasteiger partial charge in [-0.05, 0) is 35.4 Å². The van der Waals surface area contributed by atoms with Crippen LogP contribution in [0.4, 0.5) is 8.78 Å². The fraction of sp³-hybridized carbons (Fsp3) is 0.133. The standard InChI is InChI=1S/C15H11BrF2O/c16-15-9-13(18)5-4-11(15)8-14(19)7-10-2-1-3-12(17)6-10/h1-6,9H,7-8H2. The molecule has 1 nitrogen and oxygen atoms in total. The number of carbonyl (C=O) groups excluding carboxylic acids is 1. The van der Waals surface area contributed by atoms with Gasteiger partial charge in [0.1, 0.15) is 17.4 Å². The predicted molar refractivity (Wildman–Crippen MR) is 72.9 cm³/mol. The molecule has 0 aliphatic heterocycles. The summed E-state index contributed by atoms with van der Waals surface area (Å²) in [5.74, 6) is -0.751. The number of Topliss-reactive ketones (excluding diaryl/α,β-unsaturated/α-hetero) is 1. The Morgan fingerprint density at radius 1 is 1.00 bits per heavy atom. The summed E-state index contributed by atoms with van der Waals surface area (Å²) < 4.78 is 26.5. The summed E-state index contributed by atoms with van der Waals surface area (Å²) in [6.07, 6.45) is 0.360. The van der Waals surface area contributed by atoms with Crippen molar-refractivity contribution >= 4 is 21.7 Å². The number of carbonyl (C=O) groups is 1. The molecular formula is C15H11BrF2O. The molecule has 0 spiro atoms. The summed E-state index contributed by atoms with van der Waals surface area (Å²) in [6, 6.07) is 10.2. The zero-order valence-electron chi connectivity index (χ0n) is 10.00. The van der Waals surface area contributed by atoms with Gasteiger partial charge in [-0.1, -0.05) is 34.1 Å². The van der Waals surface area contributed by atoms with Crippen molar-refractivity contribution in [2.24, 2.45) is 0 Å². The van der Waals surface area contributed by atoms with E-state index in [9.17, 15) is 13.6 Å². The molecule has 0 aliphatic rings. The molecule has 0 fully saturated rings. The Morgan fingerprint density at radius 3 is 2.42 bits per heavy atom. The van der Waals surface area contributed by atoms with Crippen LogP contribution in [-0.4, -0.2) is 5.78 Å². The SMILES string of the molecule is O=C(Cc1cccc(F)c1)Cc1ccc(F)cc1Br. The van der Waals surface area contributed by atoms with Crippen LogP contribution < -0.4 is 0 Å². The molecule has 0 radical (unpaired) electrons. The second kappa shape index (κ2) is 6.06. The van der Waals surface area contributed by atoms with Crippen LogP contribution in [0.5, 0.6) is 0 Å². The van der Waals surface area contributed by atoms with Crippen molar-refractivity contribution in [3.63, 3.8) is 0 Å². The van der Waals surface area contributed by atoms with E-state index in [-0.39, 0.29) is 30.3 Å². The predicted octanol–water partition coefficient (Wildman–Crippen LogP) is 4.08. The van der Waals surface area contributed by atoms with Crippen molar-refractivity contribution in [3.05, 3.63) is 69.7 Å². The topological polar surface area (TPSA) is 17.1 Å². The minimum Gasteiger partial charge on any atom is -0.299 e. The van der Waals surface area contributed by atoms with Crippen LogP contribution in [-0.2, 0) is 17.6 Å². The van der Waals surface area contributed by atoms with Crippen LogP contribution in [0.1, 0.15) is 11.1 Å². The van der Waals surface area contributed by atoms with Gasteiger partial charge >= 0.3 is 0 Å². The van der Waals surface area contributed by atoms with E-state index in [2.05, 4.69) is 15.9 Å². The molecule has 0 bridgehead atoms. The summed E-state index contributed by atoms with van der Waals surface area (Å²) in [6.45, 7) is 0. The van der Waals surface area contributed by atoms with Gasteiger partial charge in [0.15, 0.2) is 0 Å². The van der Waals surface area contributed by atoms with Crippen LogP contribution in [0.25, 0.3) is 0 Å². The second-order valence-corrected chi connectivity index (χ2v) is 5.11. The van der Waals surface area contributed by atoms with E-state index in [0.29, 0.717) is 10.0 Å². The van der Waals surface area contributed by atoms with E-state index in [1.54, 1.807) is 18.2 Å². The second-order valence-electron chi connectivity index (χ2n) is 4.26. The zero-order chi connectivity index (χ0) is 13.8. The van der Waals surface area contributed by atoms with Gasteiger partial charge in [-0.3, -0.25) is 4.79 Å². The highest BCUT2D eigenvalue weighted by atomic mass is 79.9. The number of rotatable bonds is 4. The normalized spacial score (nSPS) is 10.5. The smallest absolute Gasteiger partial charge is 0.141 e. The summed E-state index contributed by atoms with van der Waals surface area (Å²) >= 11 is 3.22. The minimum absolute atomic E-state index is 0.0436. The van der Waals surface area contributed by atoms with E-state index < -0.39 is 0 Å². The van der Waals surface area contributed by atoms with Gasteiger partial charge < -0.3 is 0 Å². The fourth-order valence-corrected chi connectivity index (χ4v) is 2.31. The zero-order valence-corrected chi connectivity index (χ0v) is 11.6. The Bertz CT molecular complexity index is 611. The molecule has 4 heteroatoms. The van der Waals surface area contributed by atoms with E-state index in [1.165, 1.54) is 24.3 Å². The highest BCUT2D eigenvalue weighted by Crippen LogP contribution is 2.19. The maximum Gasteiger partial charge on any atom is 0.141 e. The number of hydrogen-bond donors (Lipinski definition) is 0. The molecular weight excluding hydrogens is 314 g/mol. The van der Waals surface area contributed by atoms with Gasteiger partial charge in [0.2, 0.25) is 0 Å². The van der Waals surface area contributed by atoms with E-state index >= 15 is 0 Å². The molecule has 0 amide bonds. The van der Waals surface area contributed by atoms with Crippen LogP contribution in [0.3, 0.4) is 0 Å². The molecule has 0 heterocycles. The van der Waals surface area contributed by atoms with Gasteiger partial charge in [0.25, 0.3) is 0 Å². The minimum atomic E-state index is -0.354. The molecule has 0 saturated heterocycles. The molecule has 0 N–H and O–H groups in total. The van der Waals surface area contributed by atoms with Crippen molar-refractivity contribution in [3.8, 4) is 0 Å². The van der Waals surface area contributed by atoms with Crippen LogP contribution in [0.15, 0.2) is 46.9 Å². The molecule has 2 aromatic carbocycles. The van der Waals surface area contributed by atoms with Gasteiger partial charge in [0, 0.05) is 17.3 Å². The van der Waals surface area contributed by atoms with Crippen LogP contribution >= 0.6 is 15.9 Å². The highest BCUT2D eigenvalue weighted by molar-refractivity contribution is 9.10. The third-order valence-corrected chi connectivity index (χ3v) is 3.43.